The molecule has 2 aromatic heterocycles. The van der Waals surface area contributed by atoms with Gasteiger partial charge in [-0.2, -0.15) is 0 Å². The Hall–Kier alpha value is -1.24. The van der Waals surface area contributed by atoms with Crippen molar-refractivity contribution in [1.82, 2.24) is 9.97 Å². The number of hydrogen-bond acceptors (Lipinski definition) is 6. The van der Waals surface area contributed by atoms with E-state index >= 15 is 0 Å². The number of fused-ring (bicyclic) bond motifs is 1. The standard InChI is InChI=1S/C13H17N3O2S/c1-9-7-10-11(15-8-16-12(10)19-9)14-4-3-13(2)17-5-6-18-13/h7-8H,3-6H2,1-2H3,(H,14,15,16). The van der Waals surface area contributed by atoms with Gasteiger partial charge in [0, 0.05) is 17.8 Å². The van der Waals surface area contributed by atoms with Gasteiger partial charge in [-0.05, 0) is 19.9 Å². The number of nitrogens with zero attached hydrogens (tertiary/aromatic N) is 2. The Bertz CT molecular complexity index is 578. The minimum Gasteiger partial charge on any atom is -0.369 e. The van der Waals surface area contributed by atoms with E-state index in [1.165, 1.54) is 4.88 Å². The first-order chi connectivity index (χ1) is 9.16. The largest absolute Gasteiger partial charge is 0.369 e. The highest BCUT2D eigenvalue weighted by Crippen LogP contribution is 2.28. The molecule has 0 atom stereocenters. The maximum Gasteiger partial charge on any atom is 0.167 e. The van der Waals surface area contributed by atoms with E-state index in [2.05, 4.69) is 28.3 Å². The van der Waals surface area contributed by atoms with E-state index in [1.54, 1.807) is 17.7 Å². The minimum absolute atomic E-state index is 0.455. The number of aryl methyl sites for hydroxylation is 1. The smallest absolute Gasteiger partial charge is 0.167 e. The molecule has 0 bridgehead atoms. The molecule has 0 amide bonds. The van der Waals surface area contributed by atoms with Crippen molar-refractivity contribution < 1.29 is 9.47 Å². The fourth-order valence-electron chi connectivity index (χ4n) is 2.23. The summed E-state index contributed by atoms with van der Waals surface area (Å²) in [5.41, 5.74) is 0. The quantitative estimate of drug-likeness (QED) is 0.932. The first-order valence-electron chi connectivity index (χ1n) is 6.39. The molecule has 1 aliphatic heterocycles. The first kappa shape index (κ1) is 12.8. The van der Waals surface area contributed by atoms with Gasteiger partial charge in [-0.1, -0.05) is 0 Å². The lowest BCUT2D eigenvalue weighted by atomic mass is 10.2. The van der Waals surface area contributed by atoms with Crippen LogP contribution in [0.1, 0.15) is 18.2 Å². The Labute approximate surface area is 116 Å². The van der Waals surface area contributed by atoms with Crippen LogP contribution in [0, 0.1) is 6.92 Å². The van der Waals surface area contributed by atoms with Gasteiger partial charge in [0.25, 0.3) is 0 Å². The number of rotatable bonds is 4. The van der Waals surface area contributed by atoms with E-state index in [-0.39, 0.29) is 0 Å². The molecule has 1 saturated heterocycles. The van der Waals surface area contributed by atoms with Gasteiger partial charge in [-0.3, -0.25) is 0 Å². The SMILES string of the molecule is Cc1cc2c(NCCC3(C)OCCO3)ncnc2s1. The van der Waals surface area contributed by atoms with Crippen molar-refractivity contribution >= 4 is 27.4 Å². The van der Waals surface area contributed by atoms with E-state index in [0.717, 1.165) is 29.0 Å². The summed E-state index contributed by atoms with van der Waals surface area (Å²) in [4.78, 5) is 10.9. The van der Waals surface area contributed by atoms with Crippen LogP contribution in [-0.4, -0.2) is 35.5 Å². The van der Waals surface area contributed by atoms with Gasteiger partial charge in [-0.25, -0.2) is 9.97 Å². The van der Waals surface area contributed by atoms with Crippen molar-refractivity contribution in [1.29, 1.82) is 0 Å². The van der Waals surface area contributed by atoms with Gasteiger partial charge < -0.3 is 14.8 Å². The van der Waals surface area contributed by atoms with Gasteiger partial charge in [0.05, 0.1) is 18.6 Å². The maximum absolute atomic E-state index is 5.58. The summed E-state index contributed by atoms with van der Waals surface area (Å²) in [5.74, 6) is 0.430. The van der Waals surface area contributed by atoms with E-state index in [4.69, 9.17) is 9.47 Å². The van der Waals surface area contributed by atoms with Crippen LogP contribution in [0.2, 0.25) is 0 Å². The zero-order chi connectivity index (χ0) is 13.3. The molecule has 1 aliphatic rings. The lowest BCUT2D eigenvalue weighted by Crippen LogP contribution is -2.28. The summed E-state index contributed by atoms with van der Waals surface area (Å²) in [6.07, 6.45) is 2.40. The summed E-state index contributed by atoms with van der Waals surface area (Å²) in [5, 5.41) is 4.44. The van der Waals surface area contributed by atoms with Crippen molar-refractivity contribution in [2.75, 3.05) is 25.1 Å². The summed E-state index contributed by atoms with van der Waals surface area (Å²) < 4.78 is 11.2. The molecule has 3 heterocycles. The van der Waals surface area contributed by atoms with Gasteiger partial charge >= 0.3 is 0 Å². The average molecular weight is 279 g/mol. The molecule has 0 aromatic carbocycles. The number of hydrogen-bond donors (Lipinski definition) is 1. The molecule has 102 valence electrons. The molecule has 3 rings (SSSR count). The zero-order valence-electron chi connectivity index (χ0n) is 11.1. The van der Waals surface area contributed by atoms with Crippen molar-refractivity contribution in [2.24, 2.45) is 0 Å². The highest BCUT2D eigenvalue weighted by atomic mass is 32.1. The second kappa shape index (κ2) is 5.03. The minimum atomic E-state index is -0.455. The molecule has 0 aliphatic carbocycles. The van der Waals surface area contributed by atoms with Crippen molar-refractivity contribution in [3.63, 3.8) is 0 Å². The van der Waals surface area contributed by atoms with Crippen LogP contribution in [0.15, 0.2) is 12.4 Å². The van der Waals surface area contributed by atoms with Gasteiger partial charge in [0.1, 0.15) is 17.0 Å². The highest BCUT2D eigenvalue weighted by molar-refractivity contribution is 7.18. The third kappa shape index (κ3) is 2.70. The third-order valence-corrected chi connectivity index (χ3v) is 4.18. The summed E-state index contributed by atoms with van der Waals surface area (Å²) in [6.45, 7) is 6.18. The van der Waals surface area contributed by atoms with Crippen LogP contribution in [0.4, 0.5) is 5.82 Å². The van der Waals surface area contributed by atoms with Crippen molar-refractivity contribution in [3.05, 3.63) is 17.3 Å². The number of nitrogens with one attached hydrogen (secondary N) is 1. The molecule has 0 unspecified atom stereocenters. The van der Waals surface area contributed by atoms with Crippen LogP contribution in [-0.2, 0) is 9.47 Å². The Kier molecular flexibility index (Phi) is 3.38. The second-order valence-electron chi connectivity index (χ2n) is 4.81. The lowest BCUT2D eigenvalue weighted by molar-refractivity contribution is -0.144. The van der Waals surface area contributed by atoms with Crippen LogP contribution in [0.25, 0.3) is 10.2 Å². The molecule has 2 aromatic rings. The Balaban J connectivity index is 1.68. The topological polar surface area (TPSA) is 56.3 Å². The summed E-state index contributed by atoms with van der Waals surface area (Å²) in [7, 11) is 0. The zero-order valence-corrected chi connectivity index (χ0v) is 11.9. The second-order valence-corrected chi connectivity index (χ2v) is 6.04. The monoisotopic (exact) mass is 279 g/mol. The van der Waals surface area contributed by atoms with E-state index < -0.39 is 5.79 Å². The molecular weight excluding hydrogens is 262 g/mol. The van der Waals surface area contributed by atoms with Crippen LogP contribution in [0.5, 0.6) is 0 Å². The van der Waals surface area contributed by atoms with E-state index in [0.29, 0.717) is 13.2 Å². The van der Waals surface area contributed by atoms with Crippen LogP contribution in [0.3, 0.4) is 0 Å². The van der Waals surface area contributed by atoms with E-state index in [9.17, 15) is 0 Å². The van der Waals surface area contributed by atoms with Crippen LogP contribution >= 0.6 is 11.3 Å². The third-order valence-electron chi connectivity index (χ3n) is 3.22. The number of anilines is 1. The normalized spacial score (nSPS) is 18.0. The molecule has 1 N–H and O–H groups in total. The predicted octanol–water partition coefficient (Wildman–Crippen LogP) is 2.56. The molecular formula is C13H17N3O2S. The molecule has 6 heteroatoms. The number of thiophene rings is 1. The summed E-state index contributed by atoms with van der Waals surface area (Å²) >= 11 is 1.68. The highest BCUT2D eigenvalue weighted by Gasteiger charge is 2.30. The molecule has 19 heavy (non-hydrogen) atoms. The first-order valence-corrected chi connectivity index (χ1v) is 7.21. The van der Waals surface area contributed by atoms with Gasteiger partial charge in [0.15, 0.2) is 5.79 Å². The molecule has 5 nitrogen and oxygen atoms in total. The molecule has 1 fully saturated rings. The fourth-order valence-corrected chi connectivity index (χ4v) is 3.07. The van der Waals surface area contributed by atoms with E-state index in [1.807, 2.05) is 6.92 Å². The van der Waals surface area contributed by atoms with Crippen molar-refractivity contribution in [2.45, 2.75) is 26.1 Å². The van der Waals surface area contributed by atoms with Gasteiger partial charge in [0.2, 0.25) is 0 Å². The molecule has 0 saturated carbocycles. The predicted molar refractivity (Wildman–Crippen MR) is 75.6 cm³/mol. The lowest BCUT2D eigenvalue weighted by Gasteiger charge is -2.22. The fraction of sp³-hybridized carbons (Fsp3) is 0.538. The Morgan fingerprint density at radius 2 is 2.16 bits per heavy atom. The summed E-state index contributed by atoms with van der Waals surface area (Å²) in [6, 6.07) is 2.12. The Morgan fingerprint density at radius 3 is 2.95 bits per heavy atom. The average Bonchev–Trinajstić information content (AvgIpc) is 2.95. The maximum atomic E-state index is 5.58. The number of ether oxygens (including phenoxy) is 2. The van der Waals surface area contributed by atoms with Crippen molar-refractivity contribution in [3.8, 4) is 0 Å². The number of aromatic nitrogens is 2. The Morgan fingerprint density at radius 1 is 1.37 bits per heavy atom. The van der Waals surface area contributed by atoms with Crippen LogP contribution < -0.4 is 5.32 Å². The van der Waals surface area contributed by atoms with Gasteiger partial charge in [-0.15, -0.1) is 11.3 Å². The molecule has 0 radical (unpaired) electrons. The molecule has 0 spiro atoms.